The van der Waals surface area contributed by atoms with Crippen molar-refractivity contribution < 1.29 is 14.6 Å². The molecule has 2 atom stereocenters. The summed E-state index contributed by atoms with van der Waals surface area (Å²) in [5.41, 5.74) is -0.0729. The molecule has 0 aromatic carbocycles. The molecular formula is C9H16O3. The summed E-state index contributed by atoms with van der Waals surface area (Å²) >= 11 is 0. The molecule has 2 rings (SSSR count). The second kappa shape index (κ2) is 2.44. The molecule has 2 unspecified atom stereocenters. The fourth-order valence-corrected chi connectivity index (χ4v) is 2.85. The van der Waals surface area contributed by atoms with E-state index in [0.29, 0.717) is 5.92 Å². The van der Waals surface area contributed by atoms with Gasteiger partial charge in [-0.05, 0) is 18.8 Å². The van der Waals surface area contributed by atoms with Gasteiger partial charge in [0.15, 0.2) is 5.79 Å². The second-order valence-electron chi connectivity index (χ2n) is 3.92. The van der Waals surface area contributed by atoms with Gasteiger partial charge in [0.2, 0.25) is 0 Å². The first-order valence-corrected chi connectivity index (χ1v) is 4.46. The van der Waals surface area contributed by atoms with Crippen LogP contribution >= 0.6 is 0 Å². The van der Waals surface area contributed by atoms with Gasteiger partial charge in [-0.25, -0.2) is 0 Å². The molecule has 70 valence electrons. The molecule has 0 heterocycles. The standard InChI is InChI=1S/C9H16O3/c1-11-9(12-2)4-3-7-5-8(7,9)6-10/h7,10H,3-6H2,1-2H3. The molecule has 0 saturated heterocycles. The van der Waals surface area contributed by atoms with Gasteiger partial charge in [-0.3, -0.25) is 0 Å². The first-order valence-electron chi connectivity index (χ1n) is 4.46. The van der Waals surface area contributed by atoms with E-state index in [1.165, 1.54) is 0 Å². The van der Waals surface area contributed by atoms with Crippen LogP contribution in [0.3, 0.4) is 0 Å². The molecule has 0 spiro atoms. The molecule has 0 amide bonds. The minimum atomic E-state index is -0.494. The molecule has 3 nitrogen and oxygen atoms in total. The first kappa shape index (κ1) is 8.48. The molecule has 3 heteroatoms. The summed E-state index contributed by atoms with van der Waals surface area (Å²) in [7, 11) is 3.34. The zero-order chi connectivity index (χ0) is 8.82. The molecule has 0 aromatic rings. The maximum Gasteiger partial charge on any atom is 0.175 e. The number of aliphatic hydroxyl groups excluding tert-OH is 1. The lowest BCUT2D eigenvalue weighted by atomic mass is 9.97. The van der Waals surface area contributed by atoms with E-state index in [1.807, 2.05) is 0 Å². The van der Waals surface area contributed by atoms with Gasteiger partial charge in [0.1, 0.15) is 0 Å². The number of rotatable bonds is 3. The van der Waals surface area contributed by atoms with Gasteiger partial charge >= 0.3 is 0 Å². The lowest BCUT2D eigenvalue weighted by Crippen LogP contribution is -2.43. The molecule has 1 N–H and O–H groups in total. The summed E-state index contributed by atoms with van der Waals surface area (Å²) in [6.07, 6.45) is 3.11. The Balaban J connectivity index is 2.24. The lowest BCUT2D eigenvalue weighted by Gasteiger charge is -2.34. The Bertz CT molecular complexity index is 184. The fourth-order valence-electron chi connectivity index (χ4n) is 2.85. The van der Waals surface area contributed by atoms with Gasteiger partial charge in [-0.2, -0.15) is 0 Å². The minimum Gasteiger partial charge on any atom is -0.396 e. The van der Waals surface area contributed by atoms with E-state index in [1.54, 1.807) is 14.2 Å². The molecule has 2 fully saturated rings. The Morgan fingerprint density at radius 2 is 2.08 bits per heavy atom. The van der Waals surface area contributed by atoms with E-state index in [9.17, 15) is 5.11 Å². The van der Waals surface area contributed by atoms with Crippen molar-refractivity contribution in [2.45, 2.75) is 25.0 Å². The van der Waals surface area contributed by atoms with Gasteiger partial charge in [0.05, 0.1) is 12.0 Å². The van der Waals surface area contributed by atoms with Crippen LogP contribution in [0.4, 0.5) is 0 Å². The molecule has 0 radical (unpaired) electrons. The van der Waals surface area contributed by atoms with Crippen molar-refractivity contribution >= 4 is 0 Å². The summed E-state index contributed by atoms with van der Waals surface area (Å²) in [6.45, 7) is 0.194. The number of methoxy groups -OCH3 is 2. The van der Waals surface area contributed by atoms with Crippen LogP contribution in [0, 0.1) is 11.3 Å². The molecule has 0 aromatic heterocycles. The number of aliphatic hydroxyl groups is 1. The quantitative estimate of drug-likeness (QED) is 0.639. The summed E-state index contributed by atoms with van der Waals surface area (Å²) in [5, 5.41) is 9.30. The van der Waals surface area contributed by atoms with Crippen molar-refractivity contribution in [3.05, 3.63) is 0 Å². The topological polar surface area (TPSA) is 38.7 Å². The van der Waals surface area contributed by atoms with Gasteiger partial charge < -0.3 is 14.6 Å². The van der Waals surface area contributed by atoms with Crippen molar-refractivity contribution in [1.82, 2.24) is 0 Å². The van der Waals surface area contributed by atoms with E-state index in [2.05, 4.69) is 0 Å². The maximum absolute atomic E-state index is 9.30. The Morgan fingerprint density at radius 1 is 1.42 bits per heavy atom. The van der Waals surface area contributed by atoms with Crippen LogP contribution in [-0.4, -0.2) is 31.7 Å². The van der Waals surface area contributed by atoms with Crippen LogP contribution in [0.15, 0.2) is 0 Å². The van der Waals surface area contributed by atoms with E-state index in [4.69, 9.17) is 9.47 Å². The predicted octanol–water partition coefficient (Wildman–Crippen LogP) is 0.768. The molecule has 12 heavy (non-hydrogen) atoms. The zero-order valence-corrected chi connectivity index (χ0v) is 7.67. The third-order valence-corrected chi connectivity index (χ3v) is 3.75. The summed E-state index contributed by atoms with van der Waals surface area (Å²) < 4.78 is 10.8. The normalized spacial score (nSPS) is 42.8. The molecule has 2 saturated carbocycles. The van der Waals surface area contributed by atoms with Crippen molar-refractivity contribution in [2.24, 2.45) is 11.3 Å². The van der Waals surface area contributed by atoms with Crippen molar-refractivity contribution in [3.63, 3.8) is 0 Å². The van der Waals surface area contributed by atoms with Crippen LogP contribution < -0.4 is 0 Å². The van der Waals surface area contributed by atoms with Gasteiger partial charge in [0, 0.05) is 20.6 Å². The van der Waals surface area contributed by atoms with E-state index in [0.717, 1.165) is 19.3 Å². The third-order valence-electron chi connectivity index (χ3n) is 3.75. The smallest absolute Gasteiger partial charge is 0.175 e. The SMILES string of the molecule is COC1(OC)CCC2CC21CO. The van der Waals surface area contributed by atoms with E-state index < -0.39 is 5.79 Å². The van der Waals surface area contributed by atoms with Crippen molar-refractivity contribution in [2.75, 3.05) is 20.8 Å². The molecule has 0 bridgehead atoms. The molecule has 2 aliphatic rings. The largest absolute Gasteiger partial charge is 0.396 e. The predicted molar refractivity (Wildman–Crippen MR) is 43.6 cm³/mol. The van der Waals surface area contributed by atoms with Crippen LogP contribution in [0.1, 0.15) is 19.3 Å². The van der Waals surface area contributed by atoms with Crippen LogP contribution in [-0.2, 0) is 9.47 Å². The van der Waals surface area contributed by atoms with Crippen molar-refractivity contribution in [1.29, 1.82) is 0 Å². The molecular weight excluding hydrogens is 156 g/mol. The summed E-state index contributed by atoms with van der Waals surface area (Å²) in [4.78, 5) is 0. The number of hydrogen-bond acceptors (Lipinski definition) is 3. The number of hydrogen-bond donors (Lipinski definition) is 1. The summed E-state index contributed by atoms with van der Waals surface area (Å²) in [5.74, 6) is 0.134. The highest BCUT2D eigenvalue weighted by Crippen LogP contribution is 2.69. The molecule has 0 aliphatic heterocycles. The number of fused-ring (bicyclic) bond motifs is 1. The van der Waals surface area contributed by atoms with Gasteiger partial charge in [-0.1, -0.05) is 0 Å². The van der Waals surface area contributed by atoms with E-state index in [-0.39, 0.29) is 12.0 Å². The zero-order valence-electron chi connectivity index (χ0n) is 7.67. The minimum absolute atomic E-state index is 0.0729. The Labute approximate surface area is 72.7 Å². The summed E-state index contributed by atoms with van der Waals surface area (Å²) in [6, 6.07) is 0. The van der Waals surface area contributed by atoms with Crippen molar-refractivity contribution in [3.8, 4) is 0 Å². The monoisotopic (exact) mass is 172 g/mol. The van der Waals surface area contributed by atoms with Crippen LogP contribution in [0.2, 0.25) is 0 Å². The Kier molecular flexibility index (Phi) is 1.72. The van der Waals surface area contributed by atoms with Crippen LogP contribution in [0.5, 0.6) is 0 Å². The second-order valence-corrected chi connectivity index (χ2v) is 3.92. The fraction of sp³-hybridized carbons (Fsp3) is 1.00. The first-order chi connectivity index (χ1) is 5.74. The maximum atomic E-state index is 9.30. The highest BCUT2D eigenvalue weighted by molar-refractivity contribution is 5.16. The lowest BCUT2D eigenvalue weighted by molar-refractivity contribution is -0.249. The van der Waals surface area contributed by atoms with Crippen LogP contribution in [0.25, 0.3) is 0 Å². The van der Waals surface area contributed by atoms with Gasteiger partial charge in [-0.15, -0.1) is 0 Å². The number of ether oxygens (including phenoxy) is 2. The highest BCUT2D eigenvalue weighted by atomic mass is 16.7. The van der Waals surface area contributed by atoms with Gasteiger partial charge in [0.25, 0.3) is 0 Å². The highest BCUT2D eigenvalue weighted by Gasteiger charge is 2.71. The Hall–Kier alpha value is -0.120. The average Bonchev–Trinajstić information content (AvgIpc) is 2.78. The van der Waals surface area contributed by atoms with E-state index >= 15 is 0 Å². The average molecular weight is 172 g/mol. The Morgan fingerprint density at radius 3 is 2.42 bits per heavy atom. The molecule has 2 aliphatic carbocycles. The third kappa shape index (κ3) is 0.721.